The Morgan fingerprint density at radius 2 is 1.09 bits per heavy atom. The Kier molecular flexibility index (Phi) is 5.46. The van der Waals surface area contributed by atoms with Crippen molar-refractivity contribution in [1.29, 1.82) is 0 Å². The molecule has 0 bridgehead atoms. The summed E-state index contributed by atoms with van der Waals surface area (Å²) >= 11 is 0. The number of ether oxygens (including phenoxy) is 4. The van der Waals surface area contributed by atoms with E-state index in [2.05, 4.69) is 0 Å². The summed E-state index contributed by atoms with van der Waals surface area (Å²) in [7, 11) is 2.31. The van der Waals surface area contributed by atoms with Gasteiger partial charge in [0.1, 0.15) is 11.5 Å². The van der Waals surface area contributed by atoms with Crippen molar-refractivity contribution in [2.45, 2.75) is 26.1 Å². The van der Waals surface area contributed by atoms with Crippen molar-refractivity contribution in [3.63, 3.8) is 0 Å². The maximum absolute atomic E-state index is 13.3. The molecule has 2 aromatic rings. The molecule has 4 unspecified atom stereocenters. The first-order valence-electron chi connectivity index (χ1n) is 10.1. The second-order valence-corrected chi connectivity index (χ2v) is 7.89. The van der Waals surface area contributed by atoms with E-state index < -0.39 is 47.5 Å². The van der Waals surface area contributed by atoms with Gasteiger partial charge in [0.25, 0.3) is 0 Å². The quantitative estimate of drug-likeness (QED) is 0.532. The van der Waals surface area contributed by atoms with E-state index in [-0.39, 0.29) is 22.6 Å². The number of methoxy groups -OCH3 is 2. The van der Waals surface area contributed by atoms with Crippen LogP contribution in [0.5, 0.6) is 11.5 Å². The molecule has 4 atom stereocenters. The number of fused-ring (bicyclic) bond motifs is 2. The molecule has 0 radical (unpaired) electrons. The highest BCUT2D eigenvalue weighted by molar-refractivity contribution is 6.13. The minimum Gasteiger partial charge on any atom is -0.484 e. The Hall–Kier alpha value is -3.68. The van der Waals surface area contributed by atoms with Gasteiger partial charge in [0.15, 0.2) is 35.6 Å². The van der Waals surface area contributed by atoms with Gasteiger partial charge in [-0.3, -0.25) is 19.2 Å². The van der Waals surface area contributed by atoms with Gasteiger partial charge >= 0.3 is 11.9 Å². The van der Waals surface area contributed by atoms with Crippen molar-refractivity contribution < 1.29 is 38.1 Å². The summed E-state index contributed by atoms with van der Waals surface area (Å²) in [6.07, 6.45) is -2.57. The zero-order chi connectivity index (χ0) is 23.2. The van der Waals surface area contributed by atoms with Crippen LogP contribution in [0.4, 0.5) is 0 Å². The molecular weight excluding hydrogens is 416 g/mol. The van der Waals surface area contributed by atoms with Crippen LogP contribution in [0.2, 0.25) is 0 Å². The number of carbonyl (C=O) groups is 4. The standard InChI is InChI=1S/C24H22O8/c1-11-5-7-15-13(9-11)19(25)17(23(27)29-3)21(31-15)22-18(24(28)30-4)20(26)14-10-12(2)6-8-16(14)32-22/h5-10,17-18,21-22H,1-4H3. The molecule has 0 N–H and O–H groups in total. The fraction of sp³-hybridized carbons (Fsp3) is 0.333. The van der Waals surface area contributed by atoms with Crippen LogP contribution in [0.25, 0.3) is 0 Å². The van der Waals surface area contributed by atoms with Crippen LogP contribution in [0.1, 0.15) is 31.8 Å². The summed E-state index contributed by atoms with van der Waals surface area (Å²) in [5.74, 6) is -5.12. The second-order valence-electron chi connectivity index (χ2n) is 7.89. The van der Waals surface area contributed by atoms with E-state index in [1.54, 1.807) is 36.4 Å². The number of aryl methyl sites for hydroxylation is 2. The minimum atomic E-state index is -1.42. The average molecular weight is 438 g/mol. The van der Waals surface area contributed by atoms with Crippen LogP contribution in [-0.4, -0.2) is 49.9 Å². The average Bonchev–Trinajstić information content (AvgIpc) is 2.78. The molecule has 8 nitrogen and oxygen atoms in total. The SMILES string of the molecule is COC(=O)C1C(=O)c2cc(C)ccc2OC1C1Oc2ccc(C)cc2C(=O)C1C(=O)OC. The molecule has 0 saturated carbocycles. The molecular formula is C24H22O8. The molecule has 0 saturated heterocycles. The molecule has 0 amide bonds. The fourth-order valence-corrected chi connectivity index (χ4v) is 4.19. The molecule has 0 aliphatic carbocycles. The van der Waals surface area contributed by atoms with Gasteiger partial charge < -0.3 is 18.9 Å². The highest BCUT2D eigenvalue weighted by Gasteiger charge is 2.55. The second kappa shape index (κ2) is 8.11. The Bertz CT molecular complexity index is 1050. The minimum absolute atomic E-state index is 0.226. The Labute approximate surface area is 184 Å². The van der Waals surface area contributed by atoms with Gasteiger partial charge in [-0.05, 0) is 38.1 Å². The van der Waals surface area contributed by atoms with Gasteiger partial charge in [-0.2, -0.15) is 0 Å². The van der Waals surface area contributed by atoms with E-state index in [0.29, 0.717) is 0 Å². The van der Waals surface area contributed by atoms with Gasteiger partial charge in [-0.15, -0.1) is 0 Å². The number of ketones is 2. The predicted molar refractivity (Wildman–Crippen MR) is 111 cm³/mol. The first-order chi connectivity index (χ1) is 15.3. The number of benzene rings is 2. The summed E-state index contributed by atoms with van der Waals surface area (Å²) < 4.78 is 21.8. The van der Waals surface area contributed by atoms with E-state index >= 15 is 0 Å². The van der Waals surface area contributed by atoms with Crippen LogP contribution < -0.4 is 9.47 Å². The molecule has 2 aliphatic heterocycles. The fourth-order valence-electron chi connectivity index (χ4n) is 4.19. The van der Waals surface area contributed by atoms with Gasteiger partial charge in [0.05, 0.1) is 25.3 Å². The zero-order valence-electron chi connectivity index (χ0n) is 18.0. The lowest BCUT2D eigenvalue weighted by Gasteiger charge is -2.40. The Balaban J connectivity index is 1.85. The maximum atomic E-state index is 13.3. The lowest BCUT2D eigenvalue weighted by atomic mass is 9.78. The molecule has 2 aromatic carbocycles. The lowest BCUT2D eigenvalue weighted by Crippen LogP contribution is -2.58. The van der Waals surface area contributed by atoms with E-state index in [4.69, 9.17) is 18.9 Å². The van der Waals surface area contributed by atoms with Crippen molar-refractivity contribution in [3.8, 4) is 11.5 Å². The smallest absolute Gasteiger partial charge is 0.320 e. The molecule has 0 aromatic heterocycles. The molecule has 0 spiro atoms. The molecule has 4 rings (SSSR count). The van der Waals surface area contributed by atoms with Crippen molar-refractivity contribution >= 4 is 23.5 Å². The van der Waals surface area contributed by atoms with E-state index in [0.717, 1.165) is 25.3 Å². The number of carbonyl (C=O) groups excluding carboxylic acids is 4. The van der Waals surface area contributed by atoms with E-state index in [9.17, 15) is 19.2 Å². The normalized spacial score (nSPS) is 23.9. The maximum Gasteiger partial charge on any atom is 0.320 e. The third-order valence-electron chi connectivity index (χ3n) is 5.78. The summed E-state index contributed by atoms with van der Waals surface area (Å²) in [6, 6.07) is 9.96. The van der Waals surface area contributed by atoms with Crippen LogP contribution in [0.3, 0.4) is 0 Å². The van der Waals surface area contributed by atoms with Gasteiger partial charge in [0, 0.05) is 0 Å². The number of rotatable bonds is 3. The summed E-state index contributed by atoms with van der Waals surface area (Å²) in [5, 5.41) is 0. The molecule has 2 heterocycles. The van der Waals surface area contributed by atoms with Gasteiger partial charge in [-0.25, -0.2) is 0 Å². The third kappa shape index (κ3) is 3.41. The number of hydrogen-bond donors (Lipinski definition) is 0. The van der Waals surface area contributed by atoms with Gasteiger partial charge in [-0.1, -0.05) is 23.3 Å². The van der Waals surface area contributed by atoms with E-state index in [1.807, 2.05) is 13.8 Å². The number of esters is 2. The van der Waals surface area contributed by atoms with Crippen LogP contribution >= 0.6 is 0 Å². The Morgan fingerprint density at radius 1 is 0.719 bits per heavy atom. The van der Waals surface area contributed by atoms with Crippen LogP contribution in [0, 0.1) is 25.7 Å². The van der Waals surface area contributed by atoms with Gasteiger partial charge in [0.2, 0.25) is 0 Å². The summed E-state index contributed by atoms with van der Waals surface area (Å²) in [4.78, 5) is 51.9. The topological polar surface area (TPSA) is 105 Å². The van der Waals surface area contributed by atoms with E-state index in [1.165, 1.54) is 0 Å². The highest BCUT2D eigenvalue weighted by Crippen LogP contribution is 2.40. The Morgan fingerprint density at radius 3 is 1.44 bits per heavy atom. The summed E-state index contributed by atoms with van der Waals surface area (Å²) in [6.45, 7) is 3.61. The zero-order valence-corrected chi connectivity index (χ0v) is 18.0. The summed E-state index contributed by atoms with van der Waals surface area (Å²) in [5.41, 5.74) is 2.07. The third-order valence-corrected chi connectivity index (χ3v) is 5.78. The molecule has 32 heavy (non-hydrogen) atoms. The highest BCUT2D eigenvalue weighted by atomic mass is 16.6. The van der Waals surface area contributed by atoms with Crippen molar-refractivity contribution in [2.24, 2.45) is 11.8 Å². The first kappa shape index (κ1) is 21.5. The molecule has 2 aliphatic rings. The van der Waals surface area contributed by atoms with Crippen LogP contribution in [-0.2, 0) is 19.1 Å². The molecule has 8 heteroatoms. The largest absolute Gasteiger partial charge is 0.484 e. The number of Topliss-reactive ketones (excluding diaryl/α,β-unsaturated/α-hetero) is 2. The molecule has 0 fully saturated rings. The first-order valence-corrected chi connectivity index (χ1v) is 10.1. The lowest BCUT2D eigenvalue weighted by molar-refractivity contribution is -0.156. The monoisotopic (exact) mass is 438 g/mol. The van der Waals surface area contributed by atoms with Crippen molar-refractivity contribution in [2.75, 3.05) is 14.2 Å². The predicted octanol–water partition coefficient (Wildman–Crippen LogP) is 2.47. The molecule has 166 valence electrons. The van der Waals surface area contributed by atoms with Crippen molar-refractivity contribution in [1.82, 2.24) is 0 Å². The number of hydrogen-bond acceptors (Lipinski definition) is 8. The van der Waals surface area contributed by atoms with Crippen molar-refractivity contribution in [3.05, 3.63) is 58.7 Å². The van der Waals surface area contributed by atoms with Crippen LogP contribution in [0.15, 0.2) is 36.4 Å².